The van der Waals surface area contributed by atoms with Gasteiger partial charge >= 0.3 is 0 Å². The van der Waals surface area contributed by atoms with E-state index in [4.69, 9.17) is 23.2 Å². The molecule has 4 heteroatoms. The Bertz CT molecular complexity index is 434. The van der Waals surface area contributed by atoms with E-state index in [2.05, 4.69) is 19.2 Å². The summed E-state index contributed by atoms with van der Waals surface area (Å²) in [6.07, 6.45) is 1.89. The molecule has 0 spiro atoms. The fourth-order valence-corrected chi connectivity index (χ4v) is 2.60. The topological polar surface area (TPSA) is 29.1 Å². The van der Waals surface area contributed by atoms with Gasteiger partial charge in [0.15, 0.2) is 0 Å². The van der Waals surface area contributed by atoms with E-state index in [0.717, 1.165) is 18.4 Å². The molecule has 1 aromatic rings. The van der Waals surface area contributed by atoms with Crippen LogP contribution in [-0.2, 0) is 0 Å². The smallest absolute Gasteiger partial charge is 0.251 e. The molecule has 1 rings (SSSR count). The first-order chi connectivity index (χ1) is 8.99. The molecular formula is C15H21Cl2NO. The molecule has 1 N–H and O–H groups in total. The lowest BCUT2D eigenvalue weighted by Gasteiger charge is -2.29. The largest absolute Gasteiger partial charge is 0.351 e. The van der Waals surface area contributed by atoms with Crippen molar-refractivity contribution < 1.29 is 4.79 Å². The second kappa shape index (κ2) is 7.16. The summed E-state index contributed by atoms with van der Waals surface area (Å²) in [7, 11) is 0. The van der Waals surface area contributed by atoms with Gasteiger partial charge in [-0.2, -0.15) is 0 Å². The molecule has 0 aromatic heterocycles. The van der Waals surface area contributed by atoms with Crippen molar-refractivity contribution in [3.05, 3.63) is 34.3 Å². The SMILES string of the molecule is CCC(CC)(CCl)CNC(=O)c1cccc(Cl)c1C. The molecular weight excluding hydrogens is 281 g/mol. The van der Waals surface area contributed by atoms with Gasteiger partial charge < -0.3 is 5.32 Å². The standard InChI is InChI=1S/C15H21Cl2NO/c1-4-15(5-2,9-16)10-18-14(19)12-7-6-8-13(17)11(12)3/h6-8H,4-5,9-10H2,1-3H3,(H,18,19). The summed E-state index contributed by atoms with van der Waals surface area (Å²) in [4.78, 5) is 12.2. The summed E-state index contributed by atoms with van der Waals surface area (Å²) in [5.74, 6) is 0.464. The molecule has 2 nitrogen and oxygen atoms in total. The molecule has 0 aliphatic carbocycles. The summed E-state index contributed by atoms with van der Waals surface area (Å²) < 4.78 is 0. The van der Waals surface area contributed by atoms with E-state index in [1.165, 1.54) is 0 Å². The molecule has 1 aromatic carbocycles. The third kappa shape index (κ3) is 3.87. The molecule has 0 heterocycles. The Labute approximate surface area is 125 Å². The summed E-state index contributed by atoms with van der Waals surface area (Å²) in [6, 6.07) is 5.37. The van der Waals surface area contributed by atoms with Gasteiger partial charge in [-0.15, -0.1) is 11.6 Å². The van der Waals surface area contributed by atoms with Crippen LogP contribution in [0.2, 0.25) is 5.02 Å². The average Bonchev–Trinajstić information content (AvgIpc) is 2.44. The molecule has 0 fully saturated rings. The average molecular weight is 302 g/mol. The Balaban J connectivity index is 2.78. The quantitative estimate of drug-likeness (QED) is 0.774. The van der Waals surface area contributed by atoms with Crippen molar-refractivity contribution in [2.45, 2.75) is 33.6 Å². The van der Waals surface area contributed by atoms with Crippen LogP contribution in [0.15, 0.2) is 18.2 Å². The minimum Gasteiger partial charge on any atom is -0.351 e. The summed E-state index contributed by atoms with van der Waals surface area (Å²) in [5.41, 5.74) is 1.42. The molecule has 0 aliphatic rings. The van der Waals surface area contributed by atoms with Crippen LogP contribution in [0.1, 0.15) is 42.6 Å². The van der Waals surface area contributed by atoms with Crippen LogP contribution in [-0.4, -0.2) is 18.3 Å². The number of hydrogen-bond acceptors (Lipinski definition) is 1. The van der Waals surface area contributed by atoms with Crippen molar-refractivity contribution in [1.82, 2.24) is 5.32 Å². The molecule has 0 saturated heterocycles. The maximum Gasteiger partial charge on any atom is 0.251 e. The maximum absolute atomic E-state index is 12.2. The minimum absolute atomic E-state index is 0.0241. The van der Waals surface area contributed by atoms with Crippen LogP contribution in [0.5, 0.6) is 0 Å². The third-order valence-electron chi connectivity index (χ3n) is 3.92. The lowest BCUT2D eigenvalue weighted by atomic mass is 9.84. The fourth-order valence-electron chi connectivity index (χ4n) is 1.95. The van der Waals surface area contributed by atoms with Gasteiger partial charge in [0.1, 0.15) is 0 Å². The van der Waals surface area contributed by atoms with Gasteiger partial charge in [0.05, 0.1) is 0 Å². The maximum atomic E-state index is 12.2. The molecule has 106 valence electrons. The summed E-state index contributed by atoms with van der Waals surface area (Å²) in [6.45, 7) is 6.64. The van der Waals surface area contributed by atoms with Gasteiger partial charge in [-0.3, -0.25) is 4.79 Å². The highest BCUT2D eigenvalue weighted by Gasteiger charge is 2.26. The van der Waals surface area contributed by atoms with E-state index in [9.17, 15) is 4.79 Å². The highest BCUT2D eigenvalue weighted by Crippen LogP contribution is 2.27. The highest BCUT2D eigenvalue weighted by atomic mass is 35.5. The van der Waals surface area contributed by atoms with E-state index in [0.29, 0.717) is 23.0 Å². The van der Waals surface area contributed by atoms with Gasteiger partial charge in [-0.25, -0.2) is 0 Å². The first kappa shape index (κ1) is 16.3. The number of carbonyl (C=O) groups is 1. The molecule has 1 amide bonds. The molecule has 0 atom stereocenters. The van der Waals surface area contributed by atoms with Crippen LogP contribution in [0.4, 0.5) is 0 Å². The lowest BCUT2D eigenvalue weighted by Crippen LogP contribution is -2.38. The van der Waals surface area contributed by atoms with E-state index in [-0.39, 0.29) is 11.3 Å². The first-order valence-corrected chi connectivity index (χ1v) is 7.50. The van der Waals surface area contributed by atoms with Crippen molar-refractivity contribution in [2.75, 3.05) is 12.4 Å². The molecule has 0 saturated carbocycles. The number of amides is 1. The van der Waals surface area contributed by atoms with Crippen molar-refractivity contribution in [1.29, 1.82) is 0 Å². The molecule has 0 unspecified atom stereocenters. The second-order valence-electron chi connectivity index (χ2n) is 4.94. The summed E-state index contributed by atoms with van der Waals surface area (Å²) >= 11 is 12.1. The summed E-state index contributed by atoms with van der Waals surface area (Å²) in [5, 5.41) is 3.59. The van der Waals surface area contributed by atoms with Crippen molar-refractivity contribution >= 4 is 29.1 Å². The van der Waals surface area contributed by atoms with E-state index in [1.807, 2.05) is 6.92 Å². The van der Waals surface area contributed by atoms with Gasteiger partial charge in [-0.05, 0) is 37.5 Å². The Morgan fingerprint density at radius 3 is 2.47 bits per heavy atom. The van der Waals surface area contributed by atoms with Gasteiger partial charge in [-0.1, -0.05) is 31.5 Å². The molecule has 19 heavy (non-hydrogen) atoms. The zero-order valence-electron chi connectivity index (χ0n) is 11.7. The van der Waals surface area contributed by atoms with Crippen LogP contribution < -0.4 is 5.32 Å². The number of halogens is 2. The zero-order valence-corrected chi connectivity index (χ0v) is 13.2. The number of hydrogen-bond donors (Lipinski definition) is 1. The Morgan fingerprint density at radius 2 is 1.95 bits per heavy atom. The first-order valence-electron chi connectivity index (χ1n) is 6.59. The van der Waals surface area contributed by atoms with Crippen LogP contribution in [0.25, 0.3) is 0 Å². The fraction of sp³-hybridized carbons (Fsp3) is 0.533. The molecule has 0 radical (unpaired) electrons. The predicted molar refractivity (Wildman–Crippen MR) is 82.3 cm³/mol. The third-order valence-corrected chi connectivity index (χ3v) is 4.90. The van der Waals surface area contributed by atoms with Crippen molar-refractivity contribution in [2.24, 2.45) is 5.41 Å². The number of nitrogens with one attached hydrogen (secondary N) is 1. The number of alkyl halides is 1. The number of rotatable bonds is 6. The van der Waals surface area contributed by atoms with E-state index >= 15 is 0 Å². The Hall–Kier alpha value is -0.730. The predicted octanol–water partition coefficient (Wildman–Crippen LogP) is 4.42. The zero-order chi connectivity index (χ0) is 14.5. The minimum atomic E-state index is -0.0867. The van der Waals surface area contributed by atoms with Gasteiger partial charge in [0, 0.05) is 28.4 Å². The Kier molecular flexibility index (Phi) is 6.15. The van der Waals surface area contributed by atoms with Crippen molar-refractivity contribution in [3.8, 4) is 0 Å². The highest BCUT2D eigenvalue weighted by molar-refractivity contribution is 6.31. The second-order valence-corrected chi connectivity index (χ2v) is 5.61. The normalized spacial score (nSPS) is 11.4. The van der Waals surface area contributed by atoms with E-state index in [1.54, 1.807) is 18.2 Å². The lowest BCUT2D eigenvalue weighted by molar-refractivity contribution is 0.0931. The monoisotopic (exact) mass is 301 g/mol. The van der Waals surface area contributed by atoms with Crippen LogP contribution in [0.3, 0.4) is 0 Å². The van der Waals surface area contributed by atoms with E-state index < -0.39 is 0 Å². The van der Waals surface area contributed by atoms with Crippen molar-refractivity contribution in [3.63, 3.8) is 0 Å². The number of carbonyl (C=O) groups excluding carboxylic acids is 1. The molecule has 0 bridgehead atoms. The Morgan fingerprint density at radius 1 is 1.32 bits per heavy atom. The molecule has 0 aliphatic heterocycles. The van der Waals surface area contributed by atoms with Crippen LogP contribution >= 0.6 is 23.2 Å². The van der Waals surface area contributed by atoms with Gasteiger partial charge in [0.2, 0.25) is 0 Å². The number of benzene rings is 1. The van der Waals surface area contributed by atoms with Crippen LogP contribution in [0, 0.1) is 12.3 Å². The van der Waals surface area contributed by atoms with Gasteiger partial charge in [0.25, 0.3) is 5.91 Å².